The number of ether oxygens (including phenoxy) is 5. The first-order chi connectivity index (χ1) is 11.6. The first-order valence-corrected chi connectivity index (χ1v) is 8.55. The predicted molar refractivity (Wildman–Crippen MR) is 83.5 cm³/mol. The highest BCUT2D eigenvalue weighted by Crippen LogP contribution is 2.47. The number of nitrogens with zero attached hydrogens (tertiary/aromatic N) is 1. The van der Waals surface area contributed by atoms with Crippen LogP contribution in [0, 0.1) is 6.92 Å². The summed E-state index contributed by atoms with van der Waals surface area (Å²) in [5.41, 5.74) is -0.644. The molecule has 25 heavy (non-hydrogen) atoms. The summed E-state index contributed by atoms with van der Waals surface area (Å²) in [6.07, 6.45) is -2.28. The molecule has 5 atom stereocenters. The summed E-state index contributed by atoms with van der Waals surface area (Å²) in [5, 5.41) is 15.5. The molecule has 0 bridgehead atoms. The van der Waals surface area contributed by atoms with E-state index < -0.39 is 41.8 Å². The van der Waals surface area contributed by atoms with Crippen molar-refractivity contribution in [3.63, 3.8) is 0 Å². The molecule has 0 spiro atoms. The monoisotopic (exact) mass is 355 g/mol. The van der Waals surface area contributed by atoms with Crippen molar-refractivity contribution in [3.8, 4) is 0 Å². The van der Waals surface area contributed by atoms with Gasteiger partial charge in [0.15, 0.2) is 17.9 Å². The SMILES string of the molecule is Cc1cc(C[C@@]2(O)[C@@H](C3COC(C)(C)O3)O[C@@H]3OC(C)(C)O[C@@H]32)on1. The smallest absolute Gasteiger partial charge is 0.190 e. The topological polar surface area (TPSA) is 92.4 Å². The number of hydrogen-bond acceptors (Lipinski definition) is 8. The van der Waals surface area contributed by atoms with Gasteiger partial charge in [-0.25, -0.2) is 0 Å². The third kappa shape index (κ3) is 3.01. The molecular weight excluding hydrogens is 330 g/mol. The van der Waals surface area contributed by atoms with Gasteiger partial charge < -0.3 is 33.3 Å². The zero-order valence-electron chi connectivity index (χ0n) is 15.1. The molecule has 140 valence electrons. The van der Waals surface area contributed by atoms with E-state index in [-0.39, 0.29) is 6.42 Å². The minimum Gasteiger partial charge on any atom is -0.384 e. The largest absolute Gasteiger partial charge is 0.384 e. The Hall–Kier alpha value is -1.03. The molecule has 0 saturated carbocycles. The van der Waals surface area contributed by atoms with Crippen LogP contribution in [0.15, 0.2) is 10.6 Å². The normalized spacial score (nSPS) is 42.0. The van der Waals surface area contributed by atoms with Crippen molar-refractivity contribution in [2.24, 2.45) is 0 Å². The molecule has 0 amide bonds. The zero-order valence-corrected chi connectivity index (χ0v) is 15.1. The maximum atomic E-state index is 11.6. The van der Waals surface area contributed by atoms with Crippen molar-refractivity contribution in [1.82, 2.24) is 5.16 Å². The molecule has 1 N–H and O–H groups in total. The van der Waals surface area contributed by atoms with E-state index in [0.717, 1.165) is 5.69 Å². The summed E-state index contributed by atoms with van der Waals surface area (Å²) >= 11 is 0. The number of rotatable bonds is 3. The second kappa shape index (κ2) is 5.48. The zero-order chi connectivity index (χ0) is 18.0. The number of aryl methyl sites for hydroxylation is 1. The van der Waals surface area contributed by atoms with E-state index in [1.54, 1.807) is 19.9 Å². The Morgan fingerprint density at radius 1 is 1.12 bits per heavy atom. The van der Waals surface area contributed by atoms with Gasteiger partial charge in [0.2, 0.25) is 0 Å². The van der Waals surface area contributed by atoms with E-state index in [9.17, 15) is 5.11 Å². The molecule has 0 radical (unpaired) electrons. The molecule has 0 aliphatic carbocycles. The van der Waals surface area contributed by atoms with E-state index in [2.05, 4.69) is 5.16 Å². The van der Waals surface area contributed by atoms with E-state index in [1.165, 1.54) is 0 Å². The Morgan fingerprint density at radius 2 is 1.88 bits per heavy atom. The van der Waals surface area contributed by atoms with Crippen molar-refractivity contribution >= 4 is 0 Å². The molecule has 1 aromatic rings. The second-order valence-electron chi connectivity index (χ2n) is 7.95. The summed E-state index contributed by atoms with van der Waals surface area (Å²) < 4.78 is 34.7. The lowest BCUT2D eigenvalue weighted by Gasteiger charge is -2.35. The van der Waals surface area contributed by atoms with Gasteiger partial charge in [-0.05, 0) is 34.6 Å². The number of hydrogen-bond donors (Lipinski definition) is 1. The van der Waals surface area contributed by atoms with E-state index in [0.29, 0.717) is 12.4 Å². The molecule has 1 aromatic heterocycles. The lowest BCUT2D eigenvalue weighted by Crippen LogP contribution is -2.55. The van der Waals surface area contributed by atoms with Gasteiger partial charge in [0.05, 0.1) is 12.3 Å². The highest BCUT2D eigenvalue weighted by Gasteiger charge is 2.66. The molecule has 3 aliphatic rings. The average Bonchev–Trinajstić information content (AvgIpc) is 3.17. The molecular formula is C17H25NO7. The molecule has 4 heterocycles. The van der Waals surface area contributed by atoms with Crippen molar-refractivity contribution in [1.29, 1.82) is 0 Å². The highest BCUT2D eigenvalue weighted by molar-refractivity contribution is 5.15. The lowest BCUT2D eigenvalue weighted by molar-refractivity contribution is -0.248. The van der Waals surface area contributed by atoms with Crippen molar-refractivity contribution in [2.45, 2.75) is 82.8 Å². The summed E-state index contributed by atoms with van der Waals surface area (Å²) in [4.78, 5) is 0. The lowest BCUT2D eigenvalue weighted by atomic mass is 9.85. The molecule has 3 saturated heterocycles. The van der Waals surface area contributed by atoms with Gasteiger partial charge in [0.1, 0.15) is 29.7 Å². The van der Waals surface area contributed by atoms with Crippen LogP contribution in [0.1, 0.15) is 39.1 Å². The van der Waals surface area contributed by atoms with Gasteiger partial charge in [-0.15, -0.1) is 0 Å². The fraction of sp³-hybridized carbons (Fsp3) is 0.824. The minimum atomic E-state index is -1.39. The fourth-order valence-electron chi connectivity index (χ4n) is 3.85. The summed E-state index contributed by atoms with van der Waals surface area (Å²) in [7, 11) is 0. The van der Waals surface area contributed by atoms with Crippen molar-refractivity contribution < 1.29 is 33.3 Å². The van der Waals surface area contributed by atoms with Crippen molar-refractivity contribution in [3.05, 3.63) is 17.5 Å². The molecule has 3 fully saturated rings. The minimum absolute atomic E-state index is 0.180. The Morgan fingerprint density at radius 3 is 2.48 bits per heavy atom. The molecule has 3 aliphatic heterocycles. The van der Waals surface area contributed by atoms with Crippen molar-refractivity contribution in [2.75, 3.05) is 6.61 Å². The summed E-state index contributed by atoms with van der Waals surface area (Å²) in [5.74, 6) is -1.00. The Labute approximate surface area is 146 Å². The molecule has 4 rings (SSSR count). The van der Waals surface area contributed by atoms with Gasteiger partial charge in [0, 0.05) is 12.5 Å². The van der Waals surface area contributed by atoms with Crippen LogP contribution in [0.25, 0.3) is 0 Å². The van der Waals surface area contributed by atoms with Crippen LogP contribution >= 0.6 is 0 Å². The summed E-state index contributed by atoms with van der Waals surface area (Å²) in [6, 6.07) is 1.79. The van der Waals surface area contributed by atoms with Gasteiger partial charge >= 0.3 is 0 Å². The van der Waals surface area contributed by atoms with Crippen LogP contribution in [0.4, 0.5) is 0 Å². The first kappa shape index (κ1) is 17.4. The molecule has 1 unspecified atom stereocenters. The van der Waals surface area contributed by atoms with Crippen LogP contribution in [-0.4, -0.2) is 58.6 Å². The Balaban J connectivity index is 1.64. The third-order valence-electron chi connectivity index (χ3n) is 4.83. The Bertz CT molecular complexity index is 657. The number of aromatic nitrogens is 1. The predicted octanol–water partition coefficient (Wildman–Crippen LogP) is 1.28. The van der Waals surface area contributed by atoms with Gasteiger partial charge in [-0.3, -0.25) is 0 Å². The van der Waals surface area contributed by atoms with E-state index in [1.807, 2.05) is 20.8 Å². The molecule has 8 heteroatoms. The fourth-order valence-corrected chi connectivity index (χ4v) is 3.85. The standard InChI is InChI=1S/C17H25NO7/c1-9-6-10(25-18-9)7-17(19)12(11-8-20-15(2,3)22-11)21-14-13(17)23-16(4,5)24-14/h6,11-14,19H,7-8H2,1-5H3/t11?,12-,13+,14-,17-/m1/s1. The molecule has 0 aromatic carbocycles. The first-order valence-electron chi connectivity index (χ1n) is 8.55. The number of fused-ring (bicyclic) bond motifs is 1. The van der Waals surface area contributed by atoms with Crippen LogP contribution < -0.4 is 0 Å². The van der Waals surface area contributed by atoms with E-state index in [4.69, 9.17) is 28.2 Å². The maximum Gasteiger partial charge on any atom is 0.190 e. The maximum absolute atomic E-state index is 11.6. The third-order valence-corrected chi connectivity index (χ3v) is 4.83. The number of aliphatic hydroxyl groups is 1. The quantitative estimate of drug-likeness (QED) is 0.867. The van der Waals surface area contributed by atoms with Crippen LogP contribution in [0.2, 0.25) is 0 Å². The van der Waals surface area contributed by atoms with Gasteiger partial charge in [0.25, 0.3) is 0 Å². The van der Waals surface area contributed by atoms with Crippen LogP contribution in [0.3, 0.4) is 0 Å². The van der Waals surface area contributed by atoms with Crippen LogP contribution in [0.5, 0.6) is 0 Å². The Kier molecular flexibility index (Phi) is 3.81. The average molecular weight is 355 g/mol. The summed E-state index contributed by atoms with van der Waals surface area (Å²) in [6.45, 7) is 9.40. The van der Waals surface area contributed by atoms with Gasteiger partial charge in [-0.2, -0.15) is 0 Å². The van der Waals surface area contributed by atoms with Gasteiger partial charge in [-0.1, -0.05) is 5.16 Å². The van der Waals surface area contributed by atoms with E-state index >= 15 is 0 Å². The second-order valence-corrected chi connectivity index (χ2v) is 7.95. The highest BCUT2D eigenvalue weighted by atomic mass is 16.8. The van der Waals surface area contributed by atoms with Crippen LogP contribution in [-0.2, 0) is 30.1 Å². The molecule has 8 nitrogen and oxygen atoms in total.